The zero-order valence-electron chi connectivity index (χ0n) is 15.6. The molecule has 2 N–H and O–H groups in total. The van der Waals surface area contributed by atoms with Gasteiger partial charge >= 0.3 is 6.03 Å². The van der Waals surface area contributed by atoms with Gasteiger partial charge in [0.05, 0.1) is 11.0 Å². The lowest BCUT2D eigenvalue weighted by atomic mass is 10.2. The summed E-state index contributed by atoms with van der Waals surface area (Å²) in [6.07, 6.45) is 0. The molecule has 2 aromatic carbocycles. The van der Waals surface area contributed by atoms with E-state index in [9.17, 15) is 4.79 Å². The van der Waals surface area contributed by atoms with Crippen LogP contribution in [0.15, 0.2) is 54.6 Å². The number of para-hydroxylation sites is 2. The van der Waals surface area contributed by atoms with E-state index in [0.29, 0.717) is 19.0 Å². The molecule has 0 atom stereocenters. The van der Waals surface area contributed by atoms with Crippen LogP contribution in [-0.4, -0.2) is 56.4 Å². The van der Waals surface area contributed by atoms with Gasteiger partial charge in [0.1, 0.15) is 0 Å². The minimum atomic E-state index is -0.147. The predicted molar refractivity (Wildman–Crippen MR) is 114 cm³/mol. The first kappa shape index (κ1) is 17.6. The minimum absolute atomic E-state index is 0.147. The summed E-state index contributed by atoms with van der Waals surface area (Å²) >= 11 is 1.40. The van der Waals surface area contributed by atoms with Crippen molar-refractivity contribution in [2.24, 2.45) is 0 Å². The van der Waals surface area contributed by atoms with Gasteiger partial charge < -0.3 is 14.8 Å². The fourth-order valence-corrected chi connectivity index (χ4v) is 4.08. The summed E-state index contributed by atoms with van der Waals surface area (Å²) < 4.78 is 4.48. The smallest absolute Gasteiger partial charge is 0.324 e. The second-order valence-corrected chi connectivity index (χ2v) is 7.50. The van der Waals surface area contributed by atoms with Gasteiger partial charge in [-0.25, -0.2) is 9.78 Å². The topological polar surface area (TPSA) is 90.0 Å². The van der Waals surface area contributed by atoms with Crippen LogP contribution in [0.1, 0.15) is 0 Å². The van der Waals surface area contributed by atoms with Crippen LogP contribution in [0.2, 0.25) is 0 Å². The van der Waals surface area contributed by atoms with Crippen LogP contribution in [0, 0.1) is 0 Å². The van der Waals surface area contributed by atoms with Gasteiger partial charge in [-0.05, 0) is 12.1 Å². The number of carbonyl (C=O) groups is 1. The maximum absolute atomic E-state index is 12.6. The Morgan fingerprint density at radius 3 is 2.52 bits per heavy atom. The maximum atomic E-state index is 12.6. The van der Waals surface area contributed by atoms with E-state index in [1.54, 1.807) is 4.90 Å². The number of fused-ring (bicyclic) bond motifs is 1. The number of aromatic amines is 1. The Hall–Kier alpha value is -3.46. The molecule has 8 nitrogen and oxygen atoms in total. The Bertz CT molecular complexity index is 1100. The van der Waals surface area contributed by atoms with Crippen molar-refractivity contribution in [3.63, 3.8) is 0 Å². The van der Waals surface area contributed by atoms with E-state index in [2.05, 4.69) is 29.5 Å². The highest BCUT2D eigenvalue weighted by Gasteiger charge is 2.24. The molecular weight excluding hydrogens is 386 g/mol. The van der Waals surface area contributed by atoms with Gasteiger partial charge in [0.25, 0.3) is 0 Å². The molecule has 0 spiro atoms. The summed E-state index contributed by atoms with van der Waals surface area (Å²) in [5.41, 5.74) is 2.75. The van der Waals surface area contributed by atoms with E-state index >= 15 is 0 Å². The van der Waals surface area contributed by atoms with Gasteiger partial charge in [0, 0.05) is 43.3 Å². The highest BCUT2D eigenvalue weighted by Crippen LogP contribution is 2.24. The minimum Gasteiger partial charge on any atom is -0.343 e. The predicted octanol–water partition coefficient (Wildman–Crippen LogP) is 3.44. The van der Waals surface area contributed by atoms with Crippen LogP contribution in [-0.2, 0) is 0 Å². The zero-order chi connectivity index (χ0) is 19.6. The first-order valence-electron chi connectivity index (χ1n) is 9.41. The molecule has 1 fully saturated rings. The number of benzene rings is 2. The highest BCUT2D eigenvalue weighted by molar-refractivity contribution is 7.09. The van der Waals surface area contributed by atoms with Gasteiger partial charge in [-0.1, -0.05) is 42.5 Å². The number of urea groups is 1. The first-order chi connectivity index (χ1) is 14.3. The second kappa shape index (κ2) is 7.51. The summed E-state index contributed by atoms with van der Waals surface area (Å²) in [7, 11) is 0. The van der Waals surface area contributed by atoms with E-state index < -0.39 is 0 Å². The quantitative estimate of drug-likeness (QED) is 0.545. The lowest BCUT2D eigenvalue weighted by Gasteiger charge is -2.34. The van der Waals surface area contributed by atoms with Crippen molar-refractivity contribution in [3.05, 3.63) is 54.6 Å². The molecule has 0 aliphatic carbocycles. The fourth-order valence-electron chi connectivity index (χ4n) is 3.34. The standard InChI is InChI=1S/C20H19N7OS/c28-19(24-18-21-15-8-4-5-9-16(15)22-18)26-10-12-27(13-11-26)20-23-17(25-29-20)14-6-2-1-3-7-14/h1-9H,10-13H2,(H2,21,22,24,28). The number of amides is 2. The van der Waals surface area contributed by atoms with Crippen LogP contribution >= 0.6 is 11.5 Å². The maximum Gasteiger partial charge on any atom is 0.324 e. The largest absolute Gasteiger partial charge is 0.343 e. The normalized spacial score (nSPS) is 14.3. The summed E-state index contributed by atoms with van der Waals surface area (Å²) in [4.78, 5) is 28.7. The molecule has 9 heteroatoms. The third-order valence-corrected chi connectivity index (χ3v) is 5.68. The molecule has 0 unspecified atom stereocenters. The number of piperazine rings is 1. The van der Waals surface area contributed by atoms with Crippen LogP contribution in [0.5, 0.6) is 0 Å². The molecule has 146 valence electrons. The number of hydrogen-bond acceptors (Lipinski definition) is 6. The summed E-state index contributed by atoms with van der Waals surface area (Å²) in [5.74, 6) is 1.21. The lowest BCUT2D eigenvalue weighted by molar-refractivity contribution is 0.208. The van der Waals surface area contributed by atoms with Crippen LogP contribution in [0.4, 0.5) is 15.9 Å². The van der Waals surface area contributed by atoms with E-state index in [-0.39, 0.29) is 6.03 Å². The number of rotatable bonds is 3. The number of nitrogens with one attached hydrogen (secondary N) is 2. The second-order valence-electron chi connectivity index (χ2n) is 6.77. The van der Waals surface area contributed by atoms with Gasteiger partial charge in [-0.15, -0.1) is 0 Å². The van der Waals surface area contributed by atoms with Crippen LogP contribution in [0.3, 0.4) is 0 Å². The summed E-state index contributed by atoms with van der Waals surface area (Å²) in [6.45, 7) is 2.67. The summed E-state index contributed by atoms with van der Waals surface area (Å²) in [5, 5.41) is 3.75. The molecule has 0 bridgehead atoms. The molecule has 3 heterocycles. The number of H-pyrrole nitrogens is 1. The number of carbonyl (C=O) groups excluding carboxylic acids is 1. The molecule has 4 aromatic rings. The monoisotopic (exact) mass is 405 g/mol. The average Bonchev–Trinajstić information content (AvgIpc) is 3.41. The Morgan fingerprint density at radius 2 is 1.72 bits per heavy atom. The molecule has 2 amide bonds. The number of imidazole rings is 1. The van der Waals surface area contributed by atoms with Gasteiger partial charge in [0.2, 0.25) is 11.1 Å². The lowest BCUT2D eigenvalue weighted by Crippen LogP contribution is -2.50. The van der Waals surface area contributed by atoms with Gasteiger partial charge in [-0.3, -0.25) is 5.32 Å². The fraction of sp³-hybridized carbons (Fsp3) is 0.200. The number of anilines is 2. The van der Waals surface area contributed by atoms with E-state index in [4.69, 9.17) is 0 Å². The molecule has 5 rings (SSSR count). The van der Waals surface area contributed by atoms with Gasteiger partial charge in [0.15, 0.2) is 5.82 Å². The van der Waals surface area contributed by atoms with Crippen molar-refractivity contribution in [2.75, 3.05) is 36.4 Å². The molecule has 1 aliphatic heterocycles. The van der Waals surface area contributed by atoms with Gasteiger partial charge in [-0.2, -0.15) is 9.36 Å². The number of aromatic nitrogens is 4. The third-order valence-electron chi connectivity index (χ3n) is 4.90. The van der Waals surface area contributed by atoms with E-state index in [0.717, 1.165) is 40.6 Å². The Balaban J connectivity index is 1.20. The van der Waals surface area contributed by atoms with E-state index in [1.165, 1.54) is 11.5 Å². The molecule has 1 saturated heterocycles. The van der Waals surface area contributed by atoms with Crippen LogP contribution < -0.4 is 10.2 Å². The van der Waals surface area contributed by atoms with Crippen molar-refractivity contribution >= 4 is 39.7 Å². The number of nitrogens with zero attached hydrogens (tertiary/aromatic N) is 5. The number of hydrogen-bond donors (Lipinski definition) is 2. The zero-order valence-corrected chi connectivity index (χ0v) is 16.4. The molecule has 29 heavy (non-hydrogen) atoms. The highest BCUT2D eigenvalue weighted by atomic mass is 32.1. The van der Waals surface area contributed by atoms with Crippen molar-refractivity contribution in [1.82, 2.24) is 24.2 Å². The average molecular weight is 405 g/mol. The van der Waals surface area contributed by atoms with Crippen molar-refractivity contribution < 1.29 is 4.79 Å². The molecule has 0 radical (unpaired) electrons. The van der Waals surface area contributed by atoms with E-state index in [1.807, 2.05) is 54.6 Å². The SMILES string of the molecule is O=C(Nc1nc2ccccc2[nH]1)N1CCN(c2nc(-c3ccccc3)ns2)CC1. The molecule has 0 saturated carbocycles. The van der Waals surface area contributed by atoms with Crippen molar-refractivity contribution in [2.45, 2.75) is 0 Å². The third kappa shape index (κ3) is 3.64. The molecule has 2 aromatic heterocycles. The Labute approximate surface area is 171 Å². The van der Waals surface area contributed by atoms with Crippen molar-refractivity contribution in [3.8, 4) is 11.4 Å². The molecule has 1 aliphatic rings. The Morgan fingerprint density at radius 1 is 0.966 bits per heavy atom. The van der Waals surface area contributed by atoms with Crippen molar-refractivity contribution in [1.29, 1.82) is 0 Å². The molecular formula is C20H19N7OS. The first-order valence-corrected chi connectivity index (χ1v) is 10.2. The Kier molecular flexibility index (Phi) is 4.57. The van der Waals surface area contributed by atoms with Crippen LogP contribution in [0.25, 0.3) is 22.4 Å². The summed E-state index contributed by atoms with van der Waals surface area (Å²) in [6, 6.07) is 17.5.